The molecule has 2 N–H and O–H groups in total. The molecule has 16 heavy (non-hydrogen) atoms. The molecule has 2 rings (SSSR count). The van der Waals surface area contributed by atoms with Crippen molar-refractivity contribution < 1.29 is 0 Å². The highest BCUT2D eigenvalue weighted by Crippen LogP contribution is 2.36. The lowest BCUT2D eigenvalue weighted by molar-refractivity contribution is 1.02. The summed E-state index contributed by atoms with van der Waals surface area (Å²) >= 11 is 3.03. The molecule has 0 aromatic carbocycles. The summed E-state index contributed by atoms with van der Waals surface area (Å²) in [6.07, 6.45) is 0.888. The highest BCUT2D eigenvalue weighted by Gasteiger charge is 2.16. The van der Waals surface area contributed by atoms with Gasteiger partial charge in [-0.3, -0.25) is 0 Å². The van der Waals surface area contributed by atoms with E-state index in [2.05, 4.69) is 22.1 Å². The Hall–Kier alpha value is -1.21. The Morgan fingerprint density at radius 2 is 2.00 bits per heavy atom. The molecule has 0 unspecified atom stereocenters. The zero-order valence-electron chi connectivity index (χ0n) is 9.39. The van der Waals surface area contributed by atoms with E-state index in [4.69, 9.17) is 5.73 Å². The molecule has 0 aliphatic carbocycles. The molecule has 5 nitrogen and oxygen atoms in total. The van der Waals surface area contributed by atoms with E-state index < -0.39 is 0 Å². The average molecular weight is 255 g/mol. The van der Waals surface area contributed by atoms with E-state index >= 15 is 0 Å². The van der Waals surface area contributed by atoms with Crippen molar-refractivity contribution in [3.05, 3.63) is 5.69 Å². The minimum atomic E-state index is 0.497. The van der Waals surface area contributed by atoms with Crippen LogP contribution in [0, 0.1) is 0 Å². The first kappa shape index (κ1) is 11.3. The Labute approximate surface area is 102 Å². The van der Waals surface area contributed by atoms with Crippen LogP contribution in [0.4, 0.5) is 10.3 Å². The Bertz CT molecular complexity index is 488. The van der Waals surface area contributed by atoms with E-state index in [1.165, 1.54) is 11.3 Å². The summed E-state index contributed by atoms with van der Waals surface area (Å²) in [6.45, 7) is 2.09. The molecule has 0 atom stereocenters. The summed E-state index contributed by atoms with van der Waals surface area (Å²) in [5.74, 6) is 0. The zero-order chi connectivity index (χ0) is 11.7. The number of aromatic nitrogens is 3. The highest BCUT2D eigenvalue weighted by molar-refractivity contribution is 7.25. The largest absolute Gasteiger partial charge is 0.374 e. The second-order valence-corrected chi connectivity index (χ2v) is 5.45. The predicted molar refractivity (Wildman–Crippen MR) is 69.1 cm³/mol. The third-order valence-corrected chi connectivity index (χ3v) is 4.21. The number of nitrogens with two attached hydrogens (primary N) is 1. The van der Waals surface area contributed by atoms with Crippen molar-refractivity contribution in [1.82, 2.24) is 15.2 Å². The molecule has 0 aliphatic heterocycles. The summed E-state index contributed by atoms with van der Waals surface area (Å²) in [5, 5.41) is 10.2. The van der Waals surface area contributed by atoms with Gasteiger partial charge in [0.2, 0.25) is 5.13 Å². The summed E-state index contributed by atoms with van der Waals surface area (Å²) in [7, 11) is 3.97. The second-order valence-electron chi connectivity index (χ2n) is 3.47. The smallest absolute Gasteiger partial charge is 0.203 e. The van der Waals surface area contributed by atoms with Crippen molar-refractivity contribution in [2.45, 2.75) is 13.3 Å². The summed E-state index contributed by atoms with van der Waals surface area (Å²) in [5.41, 5.74) is 6.65. The lowest BCUT2D eigenvalue weighted by Crippen LogP contribution is -2.07. The van der Waals surface area contributed by atoms with Crippen LogP contribution in [-0.4, -0.2) is 29.3 Å². The fourth-order valence-corrected chi connectivity index (χ4v) is 3.04. The molecule has 0 radical (unpaired) electrons. The average Bonchev–Trinajstić information content (AvgIpc) is 2.82. The molecule has 86 valence electrons. The van der Waals surface area contributed by atoms with Gasteiger partial charge in [0.15, 0.2) is 10.1 Å². The molecular weight excluding hydrogens is 242 g/mol. The van der Waals surface area contributed by atoms with Gasteiger partial charge in [0.1, 0.15) is 0 Å². The summed E-state index contributed by atoms with van der Waals surface area (Å²) in [6, 6.07) is 0. The van der Waals surface area contributed by atoms with Crippen LogP contribution in [0.5, 0.6) is 0 Å². The Morgan fingerprint density at radius 1 is 1.25 bits per heavy atom. The van der Waals surface area contributed by atoms with Crippen LogP contribution >= 0.6 is 22.7 Å². The summed E-state index contributed by atoms with van der Waals surface area (Å²) < 4.78 is 0. The molecule has 2 heterocycles. The van der Waals surface area contributed by atoms with E-state index in [-0.39, 0.29) is 0 Å². The van der Waals surface area contributed by atoms with Gasteiger partial charge in [-0.15, -0.1) is 10.2 Å². The third-order valence-electron chi connectivity index (χ3n) is 2.04. The molecular formula is C9H13N5S2. The minimum Gasteiger partial charge on any atom is -0.374 e. The van der Waals surface area contributed by atoms with Gasteiger partial charge in [-0.25, -0.2) is 4.98 Å². The van der Waals surface area contributed by atoms with Gasteiger partial charge in [-0.1, -0.05) is 29.6 Å². The number of thiazole rings is 1. The number of hydrogen-bond donors (Lipinski definition) is 1. The minimum absolute atomic E-state index is 0.497. The molecule has 2 aromatic heterocycles. The van der Waals surface area contributed by atoms with E-state index in [0.717, 1.165) is 27.1 Å². The highest BCUT2D eigenvalue weighted by atomic mass is 32.1. The number of nitrogen functional groups attached to an aromatic ring is 1. The maximum Gasteiger partial charge on any atom is 0.203 e. The van der Waals surface area contributed by atoms with E-state index in [0.29, 0.717) is 5.13 Å². The van der Waals surface area contributed by atoms with Crippen molar-refractivity contribution in [2.24, 2.45) is 0 Å². The molecule has 0 saturated heterocycles. The normalized spacial score (nSPS) is 10.7. The van der Waals surface area contributed by atoms with Crippen LogP contribution < -0.4 is 10.6 Å². The number of aryl methyl sites for hydroxylation is 1. The number of hydrogen-bond acceptors (Lipinski definition) is 7. The van der Waals surface area contributed by atoms with Crippen molar-refractivity contribution in [3.8, 4) is 9.88 Å². The quantitative estimate of drug-likeness (QED) is 0.907. The number of anilines is 2. The zero-order valence-corrected chi connectivity index (χ0v) is 11.0. The molecule has 7 heteroatoms. The molecule has 0 aliphatic rings. The number of rotatable bonds is 3. The SMILES string of the molecule is CCc1nc(N(C)C)sc1-c1nnc(N)s1. The monoisotopic (exact) mass is 255 g/mol. The Balaban J connectivity index is 2.47. The van der Waals surface area contributed by atoms with Gasteiger partial charge in [0, 0.05) is 14.1 Å². The molecule has 0 amide bonds. The van der Waals surface area contributed by atoms with Crippen LogP contribution in [0.2, 0.25) is 0 Å². The second kappa shape index (κ2) is 4.34. The maximum absolute atomic E-state index is 5.59. The molecule has 0 saturated carbocycles. The van der Waals surface area contributed by atoms with Gasteiger partial charge in [0.05, 0.1) is 10.6 Å². The predicted octanol–water partition coefficient (Wildman–Crippen LogP) is 1.87. The van der Waals surface area contributed by atoms with Crippen molar-refractivity contribution in [3.63, 3.8) is 0 Å². The Morgan fingerprint density at radius 3 is 2.50 bits per heavy atom. The van der Waals surface area contributed by atoms with Crippen molar-refractivity contribution in [1.29, 1.82) is 0 Å². The van der Waals surface area contributed by atoms with Gasteiger partial charge in [-0.2, -0.15) is 0 Å². The molecule has 2 aromatic rings. The molecule has 0 spiro atoms. The van der Waals surface area contributed by atoms with Crippen molar-refractivity contribution >= 4 is 32.9 Å². The molecule has 0 bridgehead atoms. The van der Waals surface area contributed by atoms with Crippen LogP contribution in [-0.2, 0) is 6.42 Å². The van der Waals surface area contributed by atoms with Crippen LogP contribution in [0.15, 0.2) is 0 Å². The standard InChI is InChI=1S/C9H13N5S2/c1-4-5-6(7-12-13-8(10)16-7)15-9(11-5)14(2)3/h4H2,1-3H3,(H2,10,13). The first-order valence-electron chi connectivity index (χ1n) is 4.88. The first-order valence-corrected chi connectivity index (χ1v) is 6.51. The lowest BCUT2D eigenvalue weighted by atomic mass is 10.3. The van der Waals surface area contributed by atoms with Crippen LogP contribution in [0.25, 0.3) is 9.88 Å². The van der Waals surface area contributed by atoms with Gasteiger partial charge in [-0.05, 0) is 6.42 Å². The fraction of sp³-hybridized carbons (Fsp3) is 0.444. The van der Waals surface area contributed by atoms with Gasteiger partial charge in [0.25, 0.3) is 0 Å². The van der Waals surface area contributed by atoms with E-state index in [1.807, 2.05) is 19.0 Å². The number of nitrogens with zero attached hydrogens (tertiary/aromatic N) is 4. The Kier molecular flexibility index (Phi) is 3.06. The van der Waals surface area contributed by atoms with Crippen LogP contribution in [0.1, 0.15) is 12.6 Å². The maximum atomic E-state index is 5.59. The third kappa shape index (κ3) is 2.00. The first-order chi connectivity index (χ1) is 7.61. The van der Waals surface area contributed by atoms with Crippen LogP contribution in [0.3, 0.4) is 0 Å². The molecule has 0 fully saturated rings. The van der Waals surface area contributed by atoms with Crippen molar-refractivity contribution in [2.75, 3.05) is 24.7 Å². The topological polar surface area (TPSA) is 67.9 Å². The van der Waals surface area contributed by atoms with E-state index in [9.17, 15) is 0 Å². The lowest BCUT2D eigenvalue weighted by Gasteiger charge is -2.05. The van der Waals surface area contributed by atoms with Gasteiger partial charge < -0.3 is 10.6 Å². The fourth-order valence-electron chi connectivity index (χ4n) is 1.26. The van der Waals surface area contributed by atoms with E-state index in [1.54, 1.807) is 11.3 Å². The van der Waals surface area contributed by atoms with Gasteiger partial charge >= 0.3 is 0 Å². The summed E-state index contributed by atoms with van der Waals surface area (Å²) in [4.78, 5) is 7.64.